The molecule has 0 saturated heterocycles. The van der Waals surface area contributed by atoms with Crippen molar-refractivity contribution in [2.75, 3.05) is 7.05 Å². The van der Waals surface area contributed by atoms with Crippen LogP contribution < -0.4 is 0 Å². The number of hydrogen-bond donors (Lipinski definition) is 1. The van der Waals surface area contributed by atoms with Gasteiger partial charge in [-0.15, -0.1) is 0 Å². The van der Waals surface area contributed by atoms with Gasteiger partial charge in [-0.1, -0.05) is 30.3 Å². The van der Waals surface area contributed by atoms with Crippen molar-refractivity contribution in [2.45, 2.75) is 18.4 Å². The van der Waals surface area contributed by atoms with Crippen molar-refractivity contribution in [1.29, 1.82) is 0 Å². The van der Waals surface area contributed by atoms with E-state index in [2.05, 4.69) is 0 Å². The van der Waals surface area contributed by atoms with E-state index in [1.807, 2.05) is 6.07 Å². The molecule has 1 N–H and O–H groups in total. The van der Waals surface area contributed by atoms with Gasteiger partial charge in [0, 0.05) is 13.6 Å². The summed E-state index contributed by atoms with van der Waals surface area (Å²) in [6.07, 6.45) is 0. The van der Waals surface area contributed by atoms with Gasteiger partial charge in [0.05, 0.1) is 4.90 Å². The highest BCUT2D eigenvalue weighted by Crippen LogP contribution is 2.21. The quantitative estimate of drug-likeness (QED) is 0.941. The predicted octanol–water partition coefficient (Wildman–Crippen LogP) is 2.52. The topological polar surface area (TPSA) is 57.6 Å². The number of rotatable bonds is 4. The summed E-state index contributed by atoms with van der Waals surface area (Å²) >= 11 is 0. The number of hydrogen-bond acceptors (Lipinski definition) is 3. The number of phenols is 1. The molecule has 0 aliphatic carbocycles. The lowest BCUT2D eigenvalue weighted by Gasteiger charge is -2.18. The summed E-state index contributed by atoms with van der Waals surface area (Å²) in [5.41, 5.74) is 1.46. The van der Waals surface area contributed by atoms with Crippen LogP contribution in [0.1, 0.15) is 11.1 Å². The summed E-state index contributed by atoms with van der Waals surface area (Å²) < 4.78 is 26.3. The molecule has 20 heavy (non-hydrogen) atoms. The standard InChI is InChI=1S/C15H17NO3S/c1-12-6-3-4-9-15(12)20(18,19)16(2)11-13-7-5-8-14(17)10-13/h3-10,17H,11H2,1-2H3. The zero-order valence-corrected chi connectivity index (χ0v) is 12.3. The van der Waals surface area contributed by atoms with Gasteiger partial charge >= 0.3 is 0 Å². The predicted molar refractivity (Wildman–Crippen MR) is 77.9 cm³/mol. The Hall–Kier alpha value is -1.85. The normalized spacial score (nSPS) is 11.8. The Morgan fingerprint density at radius 2 is 1.80 bits per heavy atom. The van der Waals surface area contributed by atoms with E-state index in [1.54, 1.807) is 49.4 Å². The smallest absolute Gasteiger partial charge is 0.243 e. The molecule has 0 aliphatic heterocycles. The van der Waals surface area contributed by atoms with Gasteiger partial charge in [0.15, 0.2) is 0 Å². The van der Waals surface area contributed by atoms with Gasteiger partial charge in [0.25, 0.3) is 0 Å². The van der Waals surface area contributed by atoms with Crippen LogP contribution in [0.15, 0.2) is 53.4 Å². The van der Waals surface area contributed by atoms with Crippen molar-refractivity contribution in [3.8, 4) is 5.75 Å². The Kier molecular flexibility index (Phi) is 4.11. The van der Waals surface area contributed by atoms with E-state index < -0.39 is 10.0 Å². The molecule has 4 nitrogen and oxygen atoms in total. The fourth-order valence-corrected chi connectivity index (χ4v) is 3.39. The van der Waals surface area contributed by atoms with Gasteiger partial charge in [0.2, 0.25) is 10.0 Å². The number of benzene rings is 2. The Morgan fingerprint density at radius 3 is 2.45 bits per heavy atom. The van der Waals surface area contributed by atoms with E-state index >= 15 is 0 Å². The van der Waals surface area contributed by atoms with Crippen molar-refractivity contribution >= 4 is 10.0 Å². The van der Waals surface area contributed by atoms with Crippen molar-refractivity contribution in [2.24, 2.45) is 0 Å². The fraction of sp³-hybridized carbons (Fsp3) is 0.200. The van der Waals surface area contributed by atoms with Crippen LogP contribution >= 0.6 is 0 Å². The highest BCUT2D eigenvalue weighted by Gasteiger charge is 2.22. The molecule has 2 aromatic rings. The zero-order chi connectivity index (χ0) is 14.8. The van der Waals surface area contributed by atoms with E-state index in [0.29, 0.717) is 4.90 Å². The molecule has 2 rings (SSSR count). The molecule has 0 atom stereocenters. The van der Waals surface area contributed by atoms with Gasteiger partial charge in [0.1, 0.15) is 5.75 Å². The Balaban J connectivity index is 2.29. The maximum absolute atomic E-state index is 12.5. The van der Waals surface area contributed by atoms with Crippen LogP contribution in [0, 0.1) is 6.92 Å². The van der Waals surface area contributed by atoms with Gasteiger partial charge in [-0.05, 0) is 36.2 Å². The third-order valence-electron chi connectivity index (χ3n) is 3.10. The second-order valence-electron chi connectivity index (χ2n) is 4.70. The summed E-state index contributed by atoms with van der Waals surface area (Å²) in [6, 6.07) is 13.5. The van der Waals surface area contributed by atoms with E-state index in [4.69, 9.17) is 0 Å². The van der Waals surface area contributed by atoms with Crippen LogP contribution in [0.4, 0.5) is 0 Å². The summed E-state index contributed by atoms with van der Waals surface area (Å²) in [4.78, 5) is 0.308. The first-order chi connectivity index (χ1) is 9.41. The van der Waals surface area contributed by atoms with E-state index in [1.165, 1.54) is 11.4 Å². The molecule has 0 heterocycles. The second-order valence-corrected chi connectivity index (χ2v) is 6.71. The Morgan fingerprint density at radius 1 is 1.10 bits per heavy atom. The minimum absolute atomic E-state index is 0.129. The summed E-state index contributed by atoms with van der Waals surface area (Å²) in [6.45, 7) is 1.99. The van der Waals surface area contributed by atoms with Crippen LogP contribution in [0.5, 0.6) is 5.75 Å². The lowest BCUT2D eigenvalue weighted by Crippen LogP contribution is -2.27. The molecule has 0 radical (unpaired) electrons. The average Bonchev–Trinajstić information content (AvgIpc) is 2.39. The highest BCUT2D eigenvalue weighted by molar-refractivity contribution is 7.89. The molecule has 0 unspecified atom stereocenters. The molecule has 0 aliphatic rings. The number of sulfonamides is 1. The Bertz CT molecular complexity index is 711. The SMILES string of the molecule is Cc1ccccc1S(=O)(=O)N(C)Cc1cccc(O)c1. The van der Waals surface area contributed by atoms with Crippen LogP contribution in [0.2, 0.25) is 0 Å². The van der Waals surface area contributed by atoms with Gasteiger partial charge in [-0.2, -0.15) is 4.31 Å². The summed E-state index contributed by atoms with van der Waals surface area (Å²) in [5, 5.41) is 9.42. The maximum Gasteiger partial charge on any atom is 0.243 e. The van der Waals surface area contributed by atoms with E-state index in [9.17, 15) is 13.5 Å². The van der Waals surface area contributed by atoms with Crippen molar-refractivity contribution in [3.05, 3.63) is 59.7 Å². The molecule has 106 valence electrons. The first kappa shape index (κ1) is 14.6. The van der Waals surface area contributed by atoms with E-state index in [-0.39, 0.29) is 12.3 Å². The van der Waals surface area contributed by atoms with Crippen LogP contribution in [-0.2, 0) is 16.6 Å². The fourth-order valence-electron chi connectivity index (χ4n) is 2.01. The van der Waals surface area contributed by atoms with Crippen molar-refractivity contribution < 1.29 is 13.5 Å². The number of phenolic OH excluding ortho intramolecular Hbond substituents is 1. The number of nitrogens with zero attached hydrogens (tertiary/aromatic N) is 1. The molecule has 0 saturated carbocycles. The van der Waals surface area contributed by atoms with E-state index in [0.717, 1.165) is 11.1 Å². The first-order valence-electron chi connectivity index (χ1n) is 6.21. The maximum atomic E-state index is 12.5. The minimum Gasteiger partial charge on any atom is -0.508 e. The minimum atomic E-state index is -3.53. The third kappa shape index (κ3) is 3.00. The molecule has 0 amide bonds. The average molecular weight is 291 g/mol. The Labute approximate surface area is 119 Å². The summed E-state index contributed by atoms with van der Waals surface area (Å²) in [5.74, 6) is 0.129. The molecule has 0 bridgehead atoms. The largest absolute Gasteiger partial charge is 0.508 e. The van der Waals surface area contributed by atoms with Gasteiger partial charge in [-0.3, -0.25) is 0 Å². The highest BCUT2D eigenvalue weighted by atomic mass is 32.2. The molecule has 0 spiro atoms. The molecular formula is C15H17NO3S. The molecule has 0 aromatic heterocycles. The number of aromatic hydroxyl groups is 1. The lowest BCUT2D eigenvalue weighted by atomic mass is 10.2. The van der Waals surface area contributed by atoms with Gasteiger partial charge in [-0.25, -0.2) is 8.42 Å². The summed E-state index contributed by atoms with van der Waals surface area (Å²) in [7, 11) is -2.00. The molecule has 5 heteroatoms. The van der Waals surface area contributed by atoms with Crippen molar-refractivity contribution in [3.63, 3.8) is 0 Å². The van der Waals surface area contributed by atoms with Crippen molar-refractivity contribution in [1.82, 2.24) is 4.31 Å². The molecular weight excluding hydrogens is 274 g/mol. The van der Waals surface area contributed by atoms with Gasteiger partial charge < -0.3 is 5.11 Å². The second kappa shape index (κ2) is 5.64. The lowest BCUT2D eigenvalue weighted by molar-refractivity contribution is 0.458. The molecule has 0 fully saturated rings. The first-order valence-corrected chi connectivity index (χ1v) is 7.65. The zero-order valence-electron chi connectivity index (χ0n) is 11.4. The monoisotopic (exact) mass is 291 g/mol. The molecule has 2 aromatic carbocycles. The third-order valence-corrected chi connectivity index (χ3v) is 5.06. The number of aryl methyl sites for hydroxylation is 1. The van der Waals surface area contributed by atoms with Crippen LogP contribution in [0.25, 0.3) is 0 Å². The van der Waals surface area contributed by atoms with Crippen LogP contribution in [0.3, 0.4) is 0 Å². The van der Waals surface area contributed by atoms with Crippen LogP contribution in [-0.4, -0.2) is 24.9 Å².